The van der Waals surface area contributed by atoms with Crippen LogP contribution in [0.2, 0.25) is 0 Å². The van der Waals surface area contributed by atoms with Crippen molar-refractivity contribution < 1.29 is 15.0 Å². The van der Waals surface area contributed by atoms with Crippen molar-refractivity contribution in [3.05, 3.63) is 22.0 Å². The third-order valence-corrected chi connectivity index (χ3v) is 1.99. The molecular formula is C7H13BrN3O2+. The molecule has 0 spiro atoms. The maximum Gasteiger partial charge on any atom is 0.333 e. The lowest BCUT2D eigenvalue weighted by atomic mass is 10.3. The highest BCUT2D eigenvalue weighted by Crippen LogP contribution is 2.10. The molecule has 0 unspecified atom stereocenters. The van der Waals surface area contributed by atoms with Gasteiger partial charge in [-0.25, -0.2) is 10.2 Å². The standard InChI is InChI=1S/C7H12BrN3O2/c1-4(7(12)13-2)3-5(8)6(9)11-10/h3,11H,9-10H2,1-2H3/p+1/b4-3+,6-5+. The van der Waals surface area contributed by atoms with Gasteiger partial charge in [-0.05, 0) is 28.9 Å². The number of hydrogen-bond donors (Lipinski definition) is 3. The molecule has 0 amide bonds. The van der Waals surface area contributed by atoms with Crippen LogP contribution in [0.5, 0.6) is 0 Å². The summed E-state index contributed by atoms with van der Waals surface area (Å²) in [6, 6.07) is 0. The molecule has 0 aromatic rings. The number of rotatable bonds is 3. The molecule has 0 fully saturated rings. The van der Waals surface area contributed by atoms with Gasteiger partial charge in [0.2, 0.25) is 5.82 Å². The van der Waals surface area contributed by atoms with E-state index in [0.717, 1.165) is 0 Å². The van der Waals surface area contributed by atoms with Crippen LogP contribution in [0.1, 0.15) is 6.92 Å². The van der Waals surface area contributed by atoms with Crippen LogP contribution in [0.25, 0.3) is 0 Å². The predicted molar refractivity (Wildman–Crippen MR) is 52.0 cm³/mol. The summed E-state index contributed by atoms with van der Waals surface area (Å²) in [4.78, 5) is 10.9. The number of esters is 1. The van der Waals surface area contributed by atoms with Crippen LogP contribution in [0.15, 0.2) is 22.0 Å². The van der Waals surface area contributed by atoms with Gasteiger partial charge in [0.05, 0.1) is 11.6 Å². The fraction of sp³-hybridized carbons (Fsp3) is 0.286. The van der Waals surface area contributed by atoms with E-state index in [4.69, 9.17) is 11.6 Å². The molecule has 0 aliphatic carbocycles. The molecule has 6 heteroatoms. The number of hydrogen-bond acceptors (Lipinski definition) is 4. The van der Waals surface area contributed by atoms with Gasteiger partial charge in [0, 0.05) is 5.57 Å². The lowest BCUT2D eigenvalue weighted by Crippen LogP contribution is -2.91. The van der Waals surface area contributed by atoms with Gasteiger partial charge in [0.25, 0.3) is 0 Å². The van der Waals surface area contributed by atoms with Crippen molar-refractivity contribution in [3.8, 4) is 0 Å². The Kier molecular flexibility index (Phi) is 5.36. The van der Waals surface area contributed by atoms with Gasteiger partial charge in [0.15, 0.2) is 0 Å². The highest BCUT2D eigenvalue weighted by molar-refractivity contribution is 9.11. The van der Waals surface area contributed by atoms with Crippen LogP contribution in [0.3, 0.4) is 0 Å². The number of allylic oxidation sites excluding steroid dienone is 2. The smallest absolute Gasteiger partial charge is 0.333 e. The maximum absolute atomic E-state index is 10.9. The van der Waals surface area contributed by atoms with Crippen LogP contribution < -0.4 is 17.0 Å². The van der Waals surface area contributed by atoms with Crippen molar-refractivity contribution in [2.24, 2.45) is 11.6 Å². The van der Waals surface area contributed by atoms with Crippen molar-refractivity contribution in [1.29, 1.82) is 0 Å². The summed E-state index contributed by atoms with van der Waals surface area (Å²) in [7, 11) is 1.32. The Morgan fingerprint density at radius 1 is 1.62 bits per heavy atom. The Hall–Kier alpha value is -0.850. The minimum absolute atomic E-state index is 0.364. The number of ether oxygens (including phenoxy) is 1. The molecule has 0 rings (SSSR count). The fourth-order valence-electron chi connectivity index (χ4n) is 0.573. The van der Waals surface area contributed by atoms with Gasteiger partial charge < -0.3 is 10.5 Å². The number of nitrogens with two attached hydrogens (primary N) is 3. The Balaban J connectivity index is 4.66. The molecule has 0 saturated carbocycles. The van der Waals surface area contributed by atoms with E-state index in [2.05, 4.69) is 20.7 Å². The number of carbonyl (C=O) groups is 1. The molecule has 0 aromatic heterocycles. The van der Waals surface area contributed by atoms with Crippen molar-refractivity contribution >= 4 is 21.9 Å². The molecule has 5 nitrogen and oxygen atoms in total. The van der Waals surface area contributed by atoms with E-state index in [1.54, 1.807) is 13.0 Å². The first-order valence-electron chi connectivity index (χ1n) is 3.49. The molecule has 0 atom stereocenters. The molecule has 0 aliphatic rings. The Morgan fingerprint density at radius 2 is 2.15 bits per heavy atom. The second kappa shape index (κ2) is 5.74. The first-order valence-corrected chi connectivity index (χ1v) is 4.29. The summed E-state index contributed by atoms with van der Waals surface area (Å²) in [5.74, 6) is 5.14. The molecule has 13 heavy (non-hydrogen) atoms. The molecule has 0 saturated heterocycles. The number of methoxy groups -OCH3 is 1. The van der Waals surface area contributed by atoms with E-state index in [0.29, 0.717) is 15.9 Å². The summed E-state index contributed by atoms with van der Waals surface area (Å²) in [5, 5.41) is 0. The van der Waals surface area contributed by atoms with E-state index < -0.39 is 5.97 Å². The zero-order valence-electron chi connectivity index (χ0n) is 7.50. The van der Waals surface area contributed by atoms with Gasteiger partial charge in [-0.2, -0.15) is 5.84 Å². The highest BCUT2D eigenvalue weighted by Gasteiger charge is 2.05. The van der Waals surface area contributed by atoms with Crippen LogP contribution in [0, 0.1) is 0 Å². The third kappa shape index (κ3) is 4.07. The van der Waals surface area contributed by atoms with Gasteiger partial charge in [-0.15, -0.1) is 0 Å². The van der Waals surface area contributed by atoms with Gasteiger partial charge in [-0.1, -0.05) is 0 Å². The summed E-state index contributed by atoms with van der Waals surface area (Å²) >= 11 is 3.16. The van der Waals surface area contributed by atoms with Crippen molar-refractivity contribution in [1.82, 2.24) is 0 Å². The van der Waals surface area contributed by atoms with Crippen molar-refractivity contribution in [3.63, 3.8) is 0 Å². The maximum atomic E-state index is 10.9. The van der Waals surface area contributed by atoms with Gasteiger partial charge >= 0.3 is 5.97 Å². The van der Waals surface area contributed by atoms with E-state index >= 15 is 0 Å². The zero-order valence-corrected chi connectivity index (χ0v) is 9.09. The third-order valence-electron chi connectivity index (χ3n) is 1.31. The van der Waals surface area contributed by atoms with Crippen molar-refractivity contribution in [2.75, 3.05) is 7.11 Å². The first kappa shape index (κ1) is 12.2. The van der Waals surface area contributed by atoms with Crippen LogP contribution >= 0.6 is 15.9 Å². The van der Waals surface area contributed by atoms with E-state index in [-0.39, 0.29) is 0 Å². The minimum atomic E-state index is -0.401. The highest BCUT2D eigenvalue weighted by atomic mass is 79.9. The molecule has 0 bridgehead atoms. The zero-order chi connectivity index (χ0) is 10.4. The van der Waals surface area contributed by atoms with Crippen LogP contribution in [0.4, 0.5) is 0 Å². The Labute approximate surface area is 84.9 Å². The predicted octanol–water partition coefficient (Wildman–Crippen LogP) is -0.934. The molecule has 0 radical (unpaired) electrons. The van der Waals surface area contributed by atoms with E-state index in [1.165, 1.54) is 12.5 Å². The topological polar surface area (TPSA) is 95.0 Å². The van der Waals surface area contributed by atoms with Crippen LogP contribution in [-0.4, -0.2) is 13.1 Å². The monoisotopic (exact) mass is 250 g/mol. The molecule has 0 heterocycles. The lowest BCUT2D eigenvalue weighted by molar-refractivity contribution is -0.620. The summed E-state index contributed by atoms with van der Waals surface area (Å²) in [5.41, 5.74) is 7.15. The number of halogens is 1. The second-order valence-corrected chi connectivity index (χ2v) is 3.14. The first-order chi connectivity index (χ1) is 6.02. The average Bonchev–Trinajstić information content (AvgIpc) is 2.14. The second-order valence-electron chi connectivity index (χ2n) is 2.29. The average molecular weight is 251 g/mol. The molecule has 0 aromatic carbocycles. The number of quaternary nitrogens is 1. The quantitative estimate of drug-likeness (QED) is 0.198. The SMILES string of the molecule is COC(=O)/C(C)=C/C(Br)=C(/N)[NH2+]N. The van der Waals surface area contributed by atoms with Crippen molar-refractivity contribution in [2.45, 2.75) is 6.92 Å². The molecular weight excluding hydrogens is 238 g/mol. The summed E-state index contributed by atoms with van der Waals surface area (Å²) in [6.45, 7) is 1.62. The van der Waals surface area contributed by atoms with Gasteiger partial charge in [0.1, 0.15) is 0 Å². The lowest BCUT2D eigenvalue weighted by Gasteiger charge is -1.98. The number of carbonyl (C=O) groups excluding carboxylic acids is 1. The van der Waals surface area contributed by atoms with Crippen LogP contribution in [-0.2, 0) is 9.53 Å². The normalized spacial score (nSPS) is 13.7. The molecule has 0 aliphatic heterocycles. The fourth-order valence-corrected chi connectivity index (χ4v) is 1.05. The largest absolute Gasteiger partial charge is 0.466 e. The Morgan fingerprint density at radius 3 is 2.54 bits per heavy atom. The molecule has 6 N–H and O–H groups in total. The summed E-state index contributed by atoms with van der Waals surface area (Å²) < 4.78 is 5.05. The van der Waals surface area contributed by atoms with E-state index in [1.807, 2.05) is 0 Å². The summed E-state index contributed by atoms with van der Waals surface area (Å²) in [6.07, 6.45) is 1.55. The Bertz CT molecular complexity index is 260. The molecule has 74 valence electrons. The van der Waals surface area contributed by atoms with E-state index in [9.17, 15) is 4.79 Å². The van der Waals surface area contributed by atoms with Gasteiger partial charge in [-0.3, -0.25) is 0 Å². The minimum Gasteiger partial charge on any atom is -0.466 e.